The Morgan fingerprint density at radius 3 is 2.50 bits per heavy atom. The number of amides is 1. The van der Waals surface area contributed by atoms with Crippen LogP contribution in [0.4, 0.5) is 0 Å². The average Bonchev–Trinajstić information content (AvgIpc) is 3.47. The third-order valence-electron chi connectivity index (χ3n) is 6.18. The van der Waals surface area contributed by atoms with Crippen molar-refractivity contribution in [3.8, 4) is 0 Å². The Balaban J connectivity index is 1.40. The molecule has 7 heteroatoms. The van der Waals surface area contributed by atoms with Gasteiger partial charge in [0.1, 0.15) is 0 Å². The first kappa shape index (κ1) is 21.0. The first-order valence-electron chi connectivity index (χ1n) is 10.7. The number of nitrogens with zero attached hydrogens (tertiary/aromatic N) is 2. The van der Waals surface area contributed by atoms with Crippen molar-refractivity contribution in [3.05, 3.63) is 65.7 Å². The third kappa shape index (κ3) is 4.43. The van der Waals surface area contributed by atoms with Gasteiger partial charge in [0, 0.05) is 43.8 Å². The second-order valence-corrected chi connectivity index (χ2v) is 10.1. The lowest BCUT2D eigenvalue weighted by Gasteiger charge is -2.24. The topological polar surface area (TPSA) is 69.7 Å². The molecule has 2 aliphatic rings. The van der Waals surface area contributed by atoms with Crippen LogP contribution in [0.5, 0.6) is 0 Å². The largest absolute Gasteiger partial charge is 0.348 e. The average molecular weight is 428 g/mol. The highest BCUT2D eigenvalue weighted by atomic mass is 32.2. The fraction of sp³-hybridized carbons (Fsp3) is 0.435. The van der Waals surface area contributed by atoms with Crippen LogP contribution in [0.15, 0.2) is 59.5 Å². The number of hydrogen-bond donors (Lipinski definition) is 1. The molecule has 2 unspecified atom stereocenters. The van der Waals surface area contributed by atoms with E-state index in [9.17, 15) is 13.2 Å². The molecule has 160 valence electrons. The van der Waals surface area contributed by atoms with E-state index in [0.29, 0.717) is 24.7 Å². The molecule has 6 nitrogen and oxygen atoms in total. The highest BCUT2D eigenvalue weighted by Crippen LogP contribution is 2.25. The predicted octanol–water partition coefficient (Wildman–Crippen LogP) is 3.04. The second kappa shape index (κ2) is 8.88. The van der Waals surface area contributed by atoms with Crippen LogP contribution in [-0.2, 0) is 10.0 Å². The van der Waals surface area contributed by atoms with Crippen molar-refractivity contribution in [3.63, 3.8) is 0 Å². The highest BCUT2D eigenvalue weighted by molar-refractivity contribution is 7.89. The standard InChI is InChI=1S/C23H29N3O3S/c1-18(19-8-3-2-4-9-19)25-15-12-21(17-25)24-23(27)20-10-7-11-22(16-20)30(28,29)26-13-5-6-14-26/h2-4,7-11,16,18,21H,5-6,12-15,17H2,1H3,(H,24,27). The zero-order chi connectivity index (χ0) is 21.1. The minimum atomic E-state index is -3.53. The van der Waals surface area contributed by atoms with Crippen molar-refractivity contribution in [2.75, 3.05) is 26.2 Å². The van der Waals surface area contributed by atoms with Crippen LogP contribution in [0.25, 0.3) is 0 Å². The SMILES string of the molecule is CC(c1ccccc1)N1CCC(NC(=O)c2cccc(S(=O)(=O)N3CCCC3)c2)C1. The van der Waals surface area contributed by atoms with E-state index >= 15 is 0 Å². The molecule has 0 aliphatic carbocycles. The van der Waals surface area contributed by atoms with Crippen LogP contribution in [0.1, 0.15) is 48.1 Å². The monoisotopic (exact) mass is 427 g/mol. The number of sulfonamides is 1. The van der Waals surface area contributed by atoms with Crippen molar-refractivity contribution in [1.29, 1.82) is 0 Å². The van der Waals surface area contributed by atoms with E-state index in [1.54, 1.807) is 18.2 Å². The minimum Gasteiger partial charge on any atom is -0.348 e. The maximum atomic E-state index is 12.8. The number of carbonyl (C=O) groups excluding carboxylic acids is 1. The van der Waals surface area contributed by atoms with Gasteiger partial charge in [-0.1, -0.05) is 36.4 Å². The zero-order valence-electron chi connectivity index (χ0n) is 17.3. The molecule has 0 spiro atoms. The van der Waals surface area contributed by atoms with Gasteiger partial charge < -0.3 is 5.32 Å². The van der Waals surface area contributed by atoms with Crippen LogP contribution >= 0.6 is 0 Å². The van der Waals surface area contributed by atoms with E-state index in [0.717, 1.165) is 32.4 Å². The summed E-state index contributed by atoms with van der Waals surface area (Å²) in [6.07, 6.45) is 2.66. The molecular weight excluding hydrogens is 398 g/mol. The van der Waals surface area contributed by atoms with Crippen LogP contribution in [0.3, 0.4) is 0 Å². The van der Waals surface area contributed by atoms with Gasteiger partial charge >= 0.3 is 0 Å². The molecule has 1 amide bonds. The lowest BCUT2D eigenvalue weighted by Crippen LogP contribution is -2.37. The minimum absolute atomic E-state index is 0.0579. The molecule has 1 N–H and O–H groups in total. The smallest absolute Gasteiger partial charge is 0.251 e. The van der Waals surface area contributed by atoms with Gasteiger partial charge in [0.15, 0.2) is 0 Å². The normalized spacial score (nSPS) is 21.6. The molecule has 2 fully saturated rings. The van der Waals surface area contributed by atoms with Gasteiger partial charge in [-0.2, -0.15) is 4.31 Å². The highest BCUT2D eigenvalue weighted by Gasteiger charge is 2.30. The van der Waals surface area contributed by atoms with Gasteiger partial charge in [-0.3, -0.25) is 9.69 Å². The summed E-state index contributed by atoms with van der Waals surface area (Å²) in [5, 5.41) is 3.09. The number of hydrogen-bond acceptors (Lipinski definition) is 4. The van der Waals surface area contributed by atoms with Gasteiger partial charge in [-0.25, -0.2) is 8.42 Å². The number of benzene rings is 2. The lowest BCUT2D eigenvalue weighted by atomic mass is 10.1. The molecule has 2 heterocycles. The fourth-order valence-electron chi connectivity index (χ4n) is 4.34. The Bertz CT molecular complexity index is 988. The predicted molar refractivity (Wildman–Crippen MR) is 117 cm³/mol. The summed E-state index contributed by atoms with van der Waals surface area (Å²) in [5.74, 6) is -0.215. The van der Waals surface area contributed by atoms with Gasteiger partial charge in [-0.05, 0) is 49.9 Å². The molecule has 2 aliphatic heterocycles. The van der Waals surface area contributed by atoms with Crippen LogP contribution < -0.4 is 5.32 Å². The summed E-state index contributed by atoms with van der Waals surface area (Å²) in [4.78, 5) is 15.4. The van der Waals surface area contributed by atoms with Gasteiger partial charge in [-0.15, -0.1) is 0 Å². The summed E-state index contributed by atoms with van der Waals surface area (Å²) < 4.78 is 27.1. The van der Waals surface area contributed by atoms with Crippen molar-refractivity contribution in [1.82, 2.24) is 14.5 Å². The third-order valence-corrected chi connectivity index (χ3v) is 8.08. The Labute approximate surface area is 178 Å². The van der Waals surface area contributed by atoms with E-state index in [4.69, 9.17) is 0 Å². The summed E-state index contributed by atoms with van der Waals surface area (Å²) in [7, 11) is -3.53. The molecule has 0 bridgehead atoms. The Morgan fingerprint density at radius 2 is 1.77 bits per heavy atom. The molecule has 2 aromatic rings. The Kier molecular flexibility index (Phi) is 6.22. The lowest BCUT2D eigenvalue weighted by molar-refractivity contribution is 0.0936. The van der Waals surface area contributed by atoms with E-state index in [2.05, 4.69) is 29.3 Å². The first-order chi connectivity index (χ1) is 14.4. The maximum Gasteiger partial charge on any atom is 0.251 e. The van der Waals surface area contributed by atoms with Crippen molar-refractivity contribution in [2.24, 2.45) is 0 Å². The molecule has 0 radical (unpaired) electrons. The van der Waals surface area contributed by atoms with Crippen LogP contribution in [0, 0.1) is 0 Å². The summed E-state index contributed by atoms with van der Waals surface area (Å²) in [6.45, 7) is 5.00. The van der Waals surface area contributed by atoms with Gasteiger partial charge in [0.25, 0.3) is 5.91 Å². The van der Waals surface area contributed by atoms with Crippen molar-refractivity contribution >= 4 is 15.9 Å². The molecule has 0 saturated carbocycles. The van der Waals surface area contributed by atoms with E-state index < -0.39 is 10.0 Å². The Morgan fingerprint density at radius 1 is 1.03 bits per heavy atom. The molecule has 2 aromatic carbocycles. The molecule has 2 atom stereocenters. The van der Waals surface area contributed by atoms with Crippen molar-refractivity contribution < 1.29 is 13.2 Å². The zero-order valence-corrected chi connectivity index (χ0v) is 18.1. The summed E-state index contributed by atoms with van der Waals surface area (Å²) in [5.41, 5.74) is 1.66. The fourth-order valence-corrected chi connectivity index (χ4v) is 5.91. The summed E-state index contributed by atoms with van der Waals surface area (Å²) in [6, 6.07) is 17.1. The van der Waals surface area contributed by atoms with Gasteiger partial charge in [0.05, 0.1) is 4.90 Å². The molecule has 2 saturated heterocycles. The van der Waals surface area contributed by atoms with Crippen LogP contribution in [-0.4, -0.2) is 55.8 Å². The van der Waals surface area contributed by atoms with Crippen molar-refractivity contribution in [2.45, 2.75) is 43.2 Å². The maximum absolute atomic E-state index is 12.8. The number of nitrogens with one attached hydrogen (secondary N) is 1. The van der Waals surface area contributed by atoms with Gasteiger partial charge in [0.2, 0.25) is 10.0 Å². The first-order valence-corrected chi connectivity index (χ1v) is 12.1. The molecular formula is C23H29N3O3S. The molecule has 4 rings (SSSR count). The van der Waals surface area contributed by atoms with E-state index in [1.807, 2.05) is 18.2 Å². The number of likely N-dealkylation sites (tertiary alicyclic amines) is 1. The van der Waals surface area contributed by atoms with Crippen LogP contribution in [0.2, 0.25) is 0 Å². The van der Waals surface area contributed by atoms with E-state index in [1.165, 1.54) is 15.9 Å². The number of carbonyl (C=O) groups is 1. The second-order valence-electron chi connectivity index (χ2n) is 8.18. The number of rotatable bonds is 6. The summed E-state index contributed by atoms with van der Waals surface area (Å²) >= 11 is 0. The quantitative estimate of drug-likeness (QED) is 0.769. The molecule has 30 heavy (non-hydrogen) atoms. The Hall–Kier alpha value is -2.22. The molecule has 0 aromatic heterocycles. The van der Waals surface area contributed by atoms with E-state index in [-0.39, 0.29) is 16.8 Å².